The summed E-state index contributed by atoms with van der Waals surface area (Å²) in [5.41, 5.74) is 0. The standard InChI is InChI=1S/C29H58N2O/c1-6-9-10-11-12-13-14-15-16-17-18-19-20-21-22-23-25-31(8-3,26-28(4)5)27-30-29(32)24-7-2/h7,24,28H,6,8-23,25-27H2,1-5H3/p+1. The first-order valence-corrected chi connectivity index (χ1v) is 14.2. The normalized spacial score (nSPS) is 13.7. The maximum Gasteiger partial charge on any atom is 0.247 e. The van der Waals surface area contributed by atoms with Crippen LogP contribution in [0, 0.1) is 5.92 Å². The molecule has 0 saturated carbocycles. The van der Waals surface area contributed by atoms with Gasteiger partial charge < -0.3 is 9.80 Å². The molecule has 0 aliphatic heterocycles. The van der Waals surface area contributed by atoms with Gasteiger partial charge in [-0.15, -0.1) is 0 Å². The summed E-state index contributed by atoms with van der Waals surface area (Å²) in [6, 6.07) is 0. The van der Waals surface area contributed by atoms with E-state index in [4.69, 9.17) is 0 Å². The molecular weight excluding hydrogens is 392 g/mol. The number of hydrogen-bond acceptors (Lipinski definition) is 1. The van der Waals surface area contributed by atoms with Crippen LogP contribution >= 0.6 is 0 Å². The van der Waals surface area contributed by atoms with Gasteiger partial charge in [-0.05, 0) is 32.8 Å². The van der Waals surface area contributed by atoms with E-state index in [2.05, 4.69) is 33.0 Å². The highest BCUT2D eigenvalue weighted by Gasteiger charge is 2.26. The van der Waals surface area contributed by atoms with Crippen LogP contribution in [-0.4, -0.2) is 36.7 Å². The highest BCUT2D eigenvalue weighted by Crippen LogP contribution is 2.16. The van der Waals surface area contributed by atoms with Gasteiger partial charge in [-0.25, -0.2) is 0 Å². The average Bonchev–Trinajstić information content (AvgIpc) is 2.77. The van der Waals surface area contributed by atoms with Crippen molar-refractivity contribution in [1.82, 2.24) is 5.32 Å². The van der Waals surface area contributed by atoms with Gasteiger partial charge in [-0.1, -0.05) is 117 Å². The Morgan fingerprint density at radius 1 is 0.750 bits per heavy atom. The van der Waals surface area contributed by atoms with Gasteiger partial charge in [0.1, 0.15) is 0 Å². The van der Waals surface area contributed by atoms with E-state index in [1.54, 1.807) is 6.08 Å². The minimum atomic E-state index is 0.0409. The molecule has 0 radical (unpaired) electrons. The fourth-order valence-corrected chi connectivity index (χ4v) is 4.86. The molecule has 0 aliphatic rings. The molecule has 190 valence electrons. The molecule has 3 nitrogen and oxygen atoms in total. The molecule has 0 rings (SSSR count). The predicted molar refractivity (Wildman–Crippen MR) is 143 cm³/mol. The van der Waals surface area contributed by atoms with Crippen molar-refractivity contribution in [3.63, 3.8) is 0 Å². The number of amides is 1. The molecule has 1 atom stereocenters. The van der Waals surface area contributed by atoms with Crippen LogP contribution < -0.4 is 5.32 Å². The first-order valence-electron chi connectivity index (χ1n) is 14.2. The monoisotopic (exact) mass is 451 g/mol. The highest BCUT2D eigenvalue weighted by atomic mass is 16.1. The Morgan fingerprint density at radius 3 is 1.56 bits per heavy atom. The van der Waals surface area contributed by atoms with Crippen LogP contribution in [0.3, 0.4) is 0 Å². The zero-order valence-corrected chi connectivity index (χ0v) is 22.7. The second-order valence-electron chi connectivity index (χ2n) is 10.5. The third kappa shape index (κ3) is 18.7. The number of quaternary nitrogens is 1. The summed E-state index contributed by atoms with van der Waals surface area (Å²) < 4.78 is 1.01. The Morgan fingerprint density at radius 2 is 1.19 bits per heavy atom. The molecule has 0 spiro atoms. The van der Waals surface area contributed by atoms with E-state index in [1.807, 2.05) is 13.0 Å². The van der Waals surface area contributed by atoms with E-state index in [0.717, 1.165) is 24.2 Å². The smallest absolute Gasteiger partial charge is 0.247 e. The molecule has 0 fully saturated rings. The summed E-state index contributed by atoms with van der Waals surface area (Å²) in [7, 11) is 0. The second kappa shape index (κ2) is 22.0. The molecule has 0 aromatic heterocycles. The quantitative estimate of drug-likeness (QED) is 0.0718. The lowest BCUT2D eigenvalue weighted by Crippen LogP contribution is -2.56. The minimum absolute atomic E-state index is 0.0409. The van der Waals surface area contributed by atoms with Crippen molar-refractivity contribution in [2.75, 3.05) is 26.3 Å². The predicted octanol–water partition coefficient (Wildman–Crippen LogP) is 8.39. The number of unbranched alkanes of at least 4 members (excludes halogenated alkanes) is 15. The largest absolute Gasteiger partial charge is 0.307 e. The van der Waals surface area contributed by atoms with Gasteiger partial charge in [0.15, 0.2) is 6.67 Å². The first kappa shape index (κ1) is 31.2. The third-order valence-corrected chi connectivity index (χ3v) is 6.82. The summed E-state index contributed by atoms with van der Waals surface area (Å²) in [6.07, 6.45) is 26.0. The molecule has 0 bridgehead atoms. The molecular formula is C29H59N2O+. The highest BCUT2D eigenvalue weighted by molar-refractivity contribution is 5.87. The van der Waals surface area contributed by atoms with Gasteiger partial charge in [0.2, 0.25) is 5.91 Å². The Bertz CT molecular complexity index is 446. The molecule has 1 unspecified atom stereocenters. The lowest BCUT2D eigenvalue weighted by Gasteiger charge is -2.39. The van der Waals surface area contributed by atoms with Gasteiger partial charge in [0.05, 0.1) is 19.6 Å². The van der Waals surface area contributed by atoms with Crippen LogP contribution in [0.1, 0.15) is 137 Å². The Labute approximate surface area is 202 Å². The van der Waals surface area contributed by atoms with Gasteiger partial charge in [0, 0.05) is 5.92 Å². The molecule has 0 saturated heterocycles. The number of carbonyl (C=O) groups excluding carboxylic acids is 1. The van der Waals surface area contributed by atoms with Crippen LogP contribution in [0.15, 0.2) is 12.2 Å². The summed E-state index contributed by atoms with van der Waals surface area (Å²) in [4.78, 5) is 11.9. The van der Waals surface area contributed by atoms with E-state index in [9.17, 15) is 4.79 Å². The van der Waals surface area contributed by atoms with Gasteiger partial charge in [-0.3, -0.25) is 4.79 Å². The number of allylic oxidation sites excluding steroid dienone is 1. The van der Waals surface area contributed by atoms with Crippen LogP contribution in [0.25, 0.3) is 0 Å². The Balaban J connectivity index is 3.79. The van der Waals surface area contributed by atoms with Crippen LogP contribution in [0.5, 0.6) is 0 Å². The first-order chi connectivity index (χ1) is 15.5. The van der Waals surface area contributed by atoms with E-state index in [0.29, 0.717) is 5.92 Å². The molecule has 0 aromatic rings. The van der Waals surface area contributed by atoms with Crippen molar-refractivity contribution >= 4 is 5.91 Å². The number of carbonyl (C=O) groups is 1. The number of hydrogen-bond donors (Lipinski definition) is 1. The zero-order chi connectivity index (χ0) is 23.9. The average molecular weight is 452 g/mol. The number of rotatable bonds is 23. The van der Waals surface area contributed by atoms with Crippen molar-refractivity contribution in [1.29, 1.82) is 0 Å². The Hall–Kier alpha value is -0.830. The number of nitrogens with zero attached hydrogens (tertiary/aromatic N) is 1. The molecule has 0 aliphatic carbocycles. The van der Waals surface area contributed by atoms with Crippen molar-refractivity contribution in [3.8, 4) is 0 Å². The third-order valence-electron chi connectivity index (χ3n) is 6.82. The maximum absolute atomic E-state index is 11.9. The fourth-order valence-electron chi connectivity index (χ4n) is 4.86. The van der Waals surface area contributed by atoms with Gasteiger partial charge in [-0.2, -0.15) is 0 Å². The zero-order valence-electron chi connectivity index (χ0n) is 22.7. The van der Waals surface area contributed by atoms with Gasteiger partial charge >= 0.3 is 0 Å². The van der Waals surface area contributed by atoms with Crippen LogP contribution in [0.2, 0.25) is 0 Å². The topological polar surface area (TPSA) is 29.1 Å². The number of nitrogens with one attached hydrogen (secondary N) is 1. The minimum Gasteiger partial charge on any atom is -0.307 e. The molecule has 3 heteroatoms. The molecule has 1 amide bonds. The summed E-state index contributed by atoms with van der Waals surface area (Å²) >= 11 is 0. The lowest BCUT2D eigenvalue weighted by atomic mass is 10.0. The Kier molecular flexibility index (Phi) is 21.4. The molecule has 0 heterocycles. The lowest BCUT2D eigenvalue weighted by molar-refractivity contribution is -0.931. The van der Waals surface area contributed by atoms with Crippen molar-refractivity contribution in [2.45, 2.75) is 137 Å². The summed E-state index contributed by atoms with van der Waals surface area (Å²) in [5.74, 6) is 0.689. The SMILES string of the molecule is CC=CC(=O)NC[N+](CC)(CCCCCCCCCCCCCCCCCC)CC(C)C. The van der Waals surface area contributed by atoms with Crippen molar-refractivity contribution < 1.29 is 9.28 Å². The van der Waals surface area contributed by atoms with E-state index < -0.39 is 0 Å². The van der Waals surface area contributed by atoms with Crippen molar-refractivity contribution in [2.24, 2.45) is 5.92 Å². The van der Waals surface area contributed by atoms with E-state index in [1.165, 1.54) is 109 Å². The molecule has 32 heavy (non-hydrogen) atoms. The molecule has 1 N–H and O–H groups in total. The van der Waals surface area contributed by atoms with E-state index in [-0.39, 0.29) is 5.91 Å². The van der Waals surface area contributed by atoms with E-state index >= 15 is 0 Å². The second-order valence-corrected chi connectivity index (χ2v) is 10.5. The summed E-state index contributed by atoms with van der Waals surface area (Å²) in [5, 5.41) is 3.13. The summed E-state index contributed by atoms with van der Waals surface area (Å²) in [6.45, 7) is 15.2. The fraction of sp³-hybridized carbons (Fsp3) is 0.897. The van der Waals surface area contributed by atoms with Crippen LogP contribution in [-0.2, 0) is 4.79 Å². The van der Waals surface area contributed by atoms with Gasteiger partial charge in [0.25, 0.3) is 0 Å². The molecule has 0 aromatic carbocycles. The maximum atomic E-state index is 11.9. The van der Waals surface area contributed by atoms with Crippen molar-refractivity contribution in [3.05, 3.63) is 12.2 Å². The van der Waals surface area contributed by atoms with Crippen LogP contribution in [0.4, 0.5) is 0 Å².